The first-order valence-corrected chi connectivity index (χ1v) is 41.2. The van der Waals surface area contributed by atoms with Crippen molar-refractivity contribution >= 4 is 111 Å². The van der Waals surface area contributed by atoms with E-state index in [-0.39, 0.29) is 63.2 Å². The number of aliphatic carboxylic acids is 2. The highest BCUT2D eigenvalue weighted by atomic mass is 32.2. The summed E-state index contributed by atoms with van der Waals surface area (Å²) in [5.74, 6) is -16.9. The first kappa shape index (κ1) is 98.3. The van der Waals surface area contributed by atoms with Crippen LogP contribution in [-0.4, -0.2) is 234 Å². The number of aromatic nitrogens is 3. The van der Waals surface area contributed by atoms with Crippen LogP contribution in [-0.2, 0) is 97.6 Å². The molecule has 652 valence electrons. The van der Waals surface area contributed by atoms with Crippen molar-refractivity contribution in [3.8, 4) is 0 Å². The van der Waals surface area contributed by atoms with Gasteiger partial charge in [0.2, 0.25) is 76.8 Å². The molecule has 21 N–H and O–H groups in total. The van der Waals surface area contributed by atoms with E-state index in [4.69, 9.17) is 5.73 Å². The number of amides is 13. The molecule has 13 amide bonds. The number of carboxylic acids is 2. The molecule has 0 saturated heterocycles. The SMILES string of the molecule is CC[C@H](C)[C@H](NC(=O)[C@H](CC(=O)O)NC(=O)[C@H](CC(C)C)NC(=O)[C@H](CO)NC(=O)[C@@H](NC(=O)[C@H](Cc1cnc[nH]1)NC(=O)[C@H](Cc1ccccc1)NC(=O)[C@@H](N)CCSC)[C@@H](C)O)C(=O)N[C@@H](Cc1c[nH]c2ccccc12)C(=O)N[C@@H](CC(C)C)C(=O)NCC(=O)N[C@@H](CC(C)C)C(=O)N[C@@H](Cc1ccccc1)C(=O)N[C@H](C(=O)O)C(C)C. The largest absolute Gasteiger partial charge is 0.481 e. The molecule has 0 saturated carbocycles. The number of nitrogens with zero attached hydrogens (tertiary/aromatic N) is 1. The van der Waals surface area contributed by atoms with Crippen LogP contribution in [0.1, 0.15) is 137 Å². The number of carboxylic acid groups (broad SMARTS) is 2. The summed E-state index contributed by atoms with van der Waals surface area (Å²) in [6.07, 6.45) is 3.11. The highest BCUT2D eigenvalue weighted by molar-refractivity contribution is 7.98. The molecule has 0 radical (unpaired) electrons. The Morgan fingerprint density at radius 2 is 0.882 bits per heavy atom. The number of H-pyrrole nitrogens is 2. The zero-order chi connectivity index (χ0) is 88.3. The summed E-state index contributed by atoms with van der Waals surface area (Å²) in [6.45, 7) is 16.2. The third-order valence-corrected chi connectivity index (χ3v) is 20.2. The molecule has 37 heteroatoms. The first-order chi connectivity index (χ1) is 56.3. The second-order valence-electron chi connectivity index (χ2n) is 31.3. The van der Waals surface area contributed by atoms with Crippen molar-refractivity contribution in [1.82, 2.24) is 84.1 Å². The second kappa shape index (κ2) is 49.2. The van der Waals surface area contributed by atoms with E-state index in [9.17, 15) is 92.3 Å². The van der Waals surface area contributed by atoms with Gasteiger partial charge in [0.15, 0.2) is 0 Å². The number of aromatic amines is 2. The van der Waals surface area contributed by atoms with Crippen LogP contribution in [0.25, 0.3) is 10.9 Å². The number of aliphatic hydroxyl groups is 2. The van der Waals surface area contributed by atoms with Gasteiger partial charge in [0, 0.05) is 54.7 Å². The van der Waals surface area contributed by atoms with Crippen LogP contribution in [0.5, 0.6) is 0 Å². The number of fused-ring (bicyclic) bond motifs is 1. The number of imidazole rings is 1. The van der Waals surface area contributed by atoms with Crippen LogP contribution in [0.4, 0.5) is 0 Å². The van der Waals surface area contributed by atoms with Gasteiger partial charge in [0.05, 0.1) is 38.0 Å². The van der Waals surface area contributed by atoms with Crippen LogP contribution in [0.2, 0.25) is 0 Å². The number of carbonyl (C=O) groups excluding carboxylic acids is 13. The Morgan fingerprint density at radius 3 is 1.37 bits per heavy atom. The molecule has 2 aromatic heterocycles. The summed E-state index contributed by atoms with van der Waals surface area (Å²) in [5, 5.41) is 75.5. The Kier molecular flexibility index (Phi) is 40.6. The van der Waals surface area contributed by atoms with E-state index in [0.29, 0.717) is 45.5 Å². The van der Waals surface area contributed by atoms with E-state index in [1.807, 2.05) is 6.26 Å². The predicted molar refractivity (Wildman–Crippen MR) is 443 cm³/mol. The summed E-state index contributed by atoms with van der Waals surface area (Å²) in [4.78, 5) is 220. The number of rotatable bonds is 51. The normalized spacial score (nSPS) is 15.2. The van der Waals surface area contributed by atoms with Crippen LogP contribution in [0, 0.1) is 29.6 Å². The average Bonchev–Trinajstić information content (AvgIpc) is 1.65. The summed E-state index contributed by atoms with van der Waals surface area (Å²) in [6, 6.07) is 4.92. The Morgan fingerprint density at radius 1 is 0.462 bits per heavy atom. The van der Waals surface area contributed by atoms with E-state index in [2.05, 4.69) is 84.1 Å². The maximum Gasteiger partial charge on any atom is 0.326 e. The molecule has 2 heterocycles. The number of thioether (sulfide) groups is 1. The molecular weight excluding hydrogens is 1560 g/mol. The number of hydrogen-bond acceptors (Lipinski definition) is 20. The van der Waals surface area contributed by atoms with E-state index >= 15 is 0 Å². The van der Waals surface area contributed by atoms with Gasteiger partial charge in [-0.05, 0) is 97.0 Å². The van der Waals surface area contributed by atoms with E-state index in [1.165, 1.54) is 24.3 Å². The Bertz CT molecular complexity index is 4210. The van der Waals surface area contributed by atoms with Crippen molar-refractivity contribution in [3.05, 3.63) is 126 Å². The molecule has 0 aliphatic heterocycles. The molecule has 5 rings (SSSR count). The van der Waals surface area contributed by atoms with Gasteiger partial charge in [0.1, 0.15) is 72.5 Å². The fourth-order valence-electron chi connectivity index (χ4n) is 12.8. The van der Waals surface area contributed by atoms with Crippen molar-refractivity contribution in [2.75, 3.05) is 25.2 Å². The summed E-state index contributed by atoms with van der Waals surface area (Å²) in [7, 11) is 0. The molecule has 0 aliphatic rings. The maximum atomic E-state index is 14.9. The number of nitrogens with one attached hydrogen (secondary N) is 15. The molecule has 119 heavy (non-hydrogen) atoms. The van der Waals surface area contributed by atoms with Crippen LogP contribution in [0.15, 0.2) is 104 Å². The second-order valence-corrected chi connectivity index (χ2v) is 32.3. The lowest BCUT2D eigenvalue weighted by Crippen LogP contribution is -2.63. The Balaban J connectivity index is 1.34. The average molecular weight is 1680 g/mol. The Labute approximate surface area is 696 Å². The molecule has 5 aromatic rings. The standard InChI is InChI=1S/C82H119N17O19S/c1-13-47(10)68(80(115)95-61(35-51-38-85-55-27-21-20-26-53(51)55)75(110)90-56(30-43(2)3)71(106)86-40-65(102)88-57(31-44(4)5)72(107)92-60(34-50-24-18-15-19-25-50)76(111)97-67(46(8)9)82(117)118)98-78(113)63(37-66(103)104)94-73(108)58(32-45(6)7)91-79(114)64(41-100)96-81(116)69(48(11)101)99-77(112)62(36-52-39-84-42-87-52)93-74(109)59(33-49-22-16-14-17-23-49)89-70(105)54(83)28-29-119-12/h14-27,38-39,42-48,54,56-64,67-69,85,100-101H,13,28-37,40-41,83H2,1-12H3,(H,84,87)(H,86,106)(H,88,102)(H,89,105)(H,90,110)(H,91,114)(H,92,107)(H,93,109)(H,94,108)(H,95,115)(H,96,116)(H,97,111)(H,98,113)(H,99,112)(H,103,104)(H,117,118)/t47-,48+,54-,56-,57-,58-,59-,60-,61-,62-,63-,64-,67-,68-,69-/m0/s1. The Hall–Kier alpha value is -11.3. The quantitative estimate of drug-likeness (QED) is 0.0243. The molecule has 15 atom stereocenters. The van der Waals surface area contributed by atoms with E-state index in [1.54, 1.807) is 160 Å². The lowest BCUT2D eigenvalue weighted by Gasteiger charge is -2.30. The lowest BCUT2D eigenvalue weighted by molar-refractivity contribution is -0.143. The monoisotopic (exact) mass is 1680 g/mol. The molecule has 0 spiro atoms. The molecule has 3 aromatic carbocycles. The molecule has 0 unspecified atom stereocenters. The zero-order valence-electron chi connectivity index (χ0n) is 69.3. The van der Waals surface area contributed by atoms with Gasteiger partial charge < -0.3 is 105 Å². The van der Waals surface area contributed by atoms with E-state index in [0.717, 1.165) is 6.92 Å². The molecule has 0 aliphatic carbocycles. The van der Waals surface area contributed by atoms with Crippen molar-refractivity contribution in [2.24, 2.45) is 35.3 Å². The number of nitrogens with two attached hydrogens (primary N) is 1. The predicted octanol–water partition coefficient (Wildman–Crippen LogP) is -0.0514. The number of aliphatic hydroxyl groups excluding tert-OH is 2. The van der Waals surface area contributed by atoms with Gasteiger partial charge in [0.25, 0.3) is 0 Å². The van der Waals surface area contributed by atoms with Crippen molar-refractivity contribution in [3.63, 3.8) is 0 Å². The van der Waals surface area contributed by atoms with Gasteiger partial charge in [-0.25, -0.2) is 9.78 Å². The minimum atomic E-state index is -1.97. The maximum absolute atomic E-state index is 14.9. The zero-order valence-corrected chi connectivity index (χ0v) is 70.1. The van der Waals surface area contributed by atoms with Gasteiger partial charge in [-0.2, -0.15) is 11.8 Å². The first-order valence-electron chi connectivity index (χ1n) is 39.8. The highest BCUT2D eigenvalue weighted by Crippen LogP contribution is 2.22. The molecule has 36 nitrogen and oxygen atoms in total. The summed E-state index contributed by atoms with van der Waals surface area (Å²) >= 11 is 1.47. The summed E-state index contributed by atoms with van der Waals surface area (Å²) < 4.78 is 0. The number of hydrogen-bond donors (Lipinski definition) is 20. The van der Waals surface area contributed by atoms with Gasteiger partial charge in [-0.15, -0.1) is 0 Å². The number of para-hydroxylation sites is 1. The topological polar surface area (TPSA) is 564 Å². The van der Waals surface area contributed by atoms with Crippen molar-refractivity contribution < 1.29 is 92.3 Å². The minimum Gasteiger partial charge on any atom is -0.481 e. The fourth-order valence-corrected chi connectivity index (χ4v) is 13.3. The highest BCUT2D eigenvalue weighted by Gasteiger charge is 2.40. The molecule has 0 bridgehead atoms. The van der Waals surface area contributed by atoms with Crippen LogP contribution < -0.4 is 74.9 Å². The third kappa shape index (κ3) is 32.8. The van der Waals surface area contributed by atoms with Crippen LogP contribution >= 0.6 is 11.8 Å². The summed E-state index contributed by atoms with van der Waals surface area (Å²) in [5.41, 5.74) is 8.98. The van der Waals surface area contributed by atoms with Gasteiger partial charge >= 0.3 is 11.9 Å². The number of carbonyl (C=O) groups is 15. The third-order valence-electron chi connectivity index (χ3n) is 19.5. The molecular formula is C82H119N17O19S. The van der Waals surface area contributed by atoms with Gasteiger partial charge in [-0.3, -0.25) is 67.1 Å². The van der Waals surface area contributed by atoms with Crippen LogP contribution in [0.3, 0.4) is 0 Å². The van der Waals surface area contributed by atoms with Crippen molar-refractivity contribution in [2.45, 2.75) is 225 Å². The minimum absolute atomic E-state index is 0.0119. The van der Waals surface area contributed by atoms with E-state index < -0.39 is 211 Å². The number of benzene rings is 3. The van der Waals surface area contributed by atoms with Gasteiger partial charge in [-0.1, -0.05) is 155 Å². The smallest absolute Gasteiger partial charge is 0.326 e. The fraction of sp³-hybridized carbons (Fsp3) is 0.537. The molecule has 0 fully saturated rings. The lowest BCUT2D eigenvalue weighted by atomic mass is 9.96. The van der Waals surface area contributed by atoms with Crippen molar-refractivity contribution in [1.29, 1.82) is 0 Å².